The summed E-state index contributed by atoms with van der Waals surface area (Å²) < 4.78 is 45.8. The number of furan rings is 1. The molecule has 29 heavy (non-hydrogen) atoms. The molecule has 0 bridgehead atoms. The summed E-state index contributed by atoms with van der Waals surface area (Å²) in [4.78, 5) is 16.6. The van der Waals surface area contributed by atoms with Crippen molar-refractivity contribution in [2.75, 3.05) is 31.1 Å². The van der Waals surface area contributed by atoms with Gasteiger partial charge in [0.1, 0.15) is 5.82 Å². The van der Waals surface area contributed by atoms with Gasteiger partial charge in [-0.25, -0.2) is 17.5 Å². The van der Waals surface area contributed by atoms with Crippen LogP contribution in [0.1, 0.15) is 37.7 Å². The van der Waals surface area contributed by atoms with E-state index in [0.29, 0.717) is 19.6 Å². The number of carbonyl (C=O) groups is 1. The Bertz CT molecular complexity index is 964. The minimum absolute atomic E-state index is 0.00508. The zero-order valence-corrected chi connectivity index (χ0v) is 17.6. The molecule has 158 valence electrons. The van der Waals surface area contributed by atoms with Gasteiger partial charge in [-0.3, -0.25) is 4.79 Å². The van der Waals surface area contributed by atoms with Crippen LogP contribution in [0, 0.1) is 5.82 Å². The maximum atomic E-state index is 13.1. The van der Waals surface area contributed by atoms with Gasteiger partial charge in [-0.2, -0.15) is 0 Å². The first-order valence-electron chi connectivity index (χ1n) is 9.49. The fourth-order valence-corrected chi connectivity index (χ4v) is 4.57. The highest BCUT2D eigenvalue weighted by Crippen LogP contribution is 2.20. The largest absolute Gasteiger partial charge is 0.438 e. The maximum Gasteiger partial charge on any atom is 0.289 e. The van der Waals surface area contributed by atoms with Crippen molar-refractivity contribution in [3.63, 3.8) is 0 Å². The number of carbonyl (C=O) groups excluding carboxylic acids is 1. The first-order chi connectivity index (χ1) is 13.5. The number of sulfonamides is 1. The van der Waals surface area contributed by atoms with Crippen LogP contribution in [-0.4, -0.2) is 50.9 Å². The van der Waals surface area contributed by atoms with E-state index in [-0.39, 0.29) is 22.6 Å². The van der Waals surface area contributed by atoms with E-state index in [1.54, 1.807) is 37.8 Å². The van der Waals surface area contributed by atoms with Gasteiger partial charge < -0.3 is 14.2 Å². The lowest BCUT2D eigenvalue weighted by molar-refractivity contribution is 0.0729. The summed E-state index contributed by atoms with van der Waals surface area (Å²) in [5.74, 6) is -0.636. The number of nitrogens with one attached hydrogen (secondary N) is 1. The summed E-state index contributed by atoms with van der Waals surface area (Å²) in [6.45, 7) is 7.49. The van der Waals surface area contributed by atoms with Crippen LogP contribution in [0.25, 0.3) is 0 Å². The average molecular weight is 424 g/mol. The zero-order valence-electron chi connectivity index (χ0n) is 16.8. The number of hydrogen-bond donors (Lipinski definition) is 1. The van der Waals surface area contributed by atoms with Crippen molar-refractivity contribution in [3.8, 4) is 0 Å². The molecule has 0 aliphatic carbocycles. The number of hydrogen-bond acceptors (Lipinski definition) is 5. The number of amides is 1. The van der Waals surface area contributed by atoms with Crippen LogP contribution in [0.15, 0.2) is 45.9 Å². The standard InChI is InChI=1S/C20H26FN3O4S/c1-20(2,3)22-29(26,27)18-10-9-17(28-18)19(25)24-12-4-11-23(13-14-24)16-7-5-15(21)6-8-16/h5-10,22H,4,11-14H2,1-3H3. The molecule has 2 heterocycles. The van der Waals surface area contributed by atoms with Gasteiger partial charge in [-0.1, -0.05) is 0 Å². The first kappa shape index (κ1) is 21.3. The third-order valence-corrected chi connectivity index (χ3v) is 6.10. The summed E-state index contributed by atoms with van der Waals surface area (Å²) >= 11 is 0. The van der Waals surface area contributed by atoms with Gasteiger partial charge in [0.2, 0.25) is 5.09 Å². The molecule has 0 radical (unpaired) electrons. The van der Waals surface area contributed by atoms with Crippen LogP contribution in [0.5, 0.6) is 0 Å². The second-order valence-electron chi connectivity index (χ2n) is 8.08. The molecule has 1 aliphatic rings. The second kappa shape index (κ2) is 8.16. The van der Waals surface area contributed by atoms with Crippen LogP contribution in [0.3, 0.4) is 0 Å². The van der Waals surface area contributed by atoms with Gasteiger partial charge in [0.15, 0.2) is 5.76 Å². The van der Waals surface area contributed by atoms with Crippen molar-refractivity contribution in [1.82, 2.24) is 9.62 Å². The average Bonchev–Trinajstić information content (AvgIpc) is 3.00. The molecule has 3 rings (SSSR count). The summed E-state index contributed by atoms with van der Waals surface area (Å²) in [6, 6.07) is 8.96. The van der Waals surface area contributed by atoms with E-state index < -0.39 is 15.6 Å². The topological polar surface area (TPSA) is 82.9 Å². The monoisotopic (exact) mass is 423 g/mol. The first-order valence-corrected chi connectivity index (χ1v) is 11.0. The van der Waals surface area contributed by atoms with Crippen molar-refractivity contribution >= 4 is 21.6 Å². The molecular weight excluding hydrogens is 397 g/mol. The normalized spacial score (nSPS) is 16.0. The highest BCUT2D eigenvalue weighted by Gasteiger charge is 2.28. The van der Waals surface area contributed by atoms with Gasteiger partial charge in [0.05, 0.1) is 0 Å². The van der Waals surface area contributed by atoms with Crippen LogP contribution in [0.2, 0.25) is 0 Å². The highest BCUT2D eigenvalue weighted by atomic mass is 32.2. The molecule has 9 heteroatoms. The Morgan fingerprint density at radius 1 is 1.03 bits per heavy atom. The summed E-state index contributed by atoms with van der Waals surface area (Å²) in [6.07, 6.45) is 0.737. The van der Waals surface area contributed by atoms with Gasteiger partial charge in [0.25, 0.3) is 15.9 Å². The van der Waals surface area contributed by atoms with Crippen LogP contribution in [0.4, 0.5) is 10.1 Å². The Balaban J connectivity index is 1.68. The molecule has 1 aromatic heterocycles. The number of nitrogens with zero attached hydrogens (tertiary/aromatic N) is 2. The summed E-state index contributed by atoms with van der Waals surface area (Å²) in [5, 5.41) is -0.279. The van der Waals surface area contributed by atoms with Crippen molar-refractivity contribution in [1.29, 1.82) is 0 Å². The molecule has 1 fully saturated rings. The molecule has 1 amide bonds. The Hall–Kier alpha value is -2.39. The Morgan fingerprint density at radius 2 is 1.72 bits per heavy atom. The quantitative estimate of drug-likeness (QED) is 0.818. The number of anilines is 1. The highest BCUT2D eigenvalue weighted by molar-refractivity contribution is 7.89. The van der Waals surface area contributed by atoms with Crippen LogP contribution in [-0.2, 0) is 10.0 Å². The molecule has 1 aliphatic heterocycles. The number of rotatable bonds is 4. The molecular formula is C20H26FN3O4S. The predicted molar refractivity (Wildman–Crippen MR) is 108 cm³/mol. The third-order valence-electron chi connectivity index (χ3n) is 4.47. The lowest BCUT2D eigenvalue weighted by Crippen LogP contribution is -2.40. The molecule has 0 atom stereocenters. The fourth-order valence-electron chi connectivity index (χ4n) is 3.22. The maximum absolute atomic E-state index is 13.1. The van der Waals surface area contributed by atoms with Crippen LogP contribution >= 0.6 is 0 Å². The Labute approximate surface area is 170 Å². The van der Waals surface area contributed by atoms with Crippen molar-refractivity contribution < 1.29 is 22.0 Å². The SMILES string of the molecule is CC(C)(C)NS(=O)(=O)c1ccc(C(=O)N2CCCN(c3ccc(F)cc3)CC2)o1. The molecule has 1 N–H and O–H groups in total. The van der Waals surface area contributed by atoms with Crippen molar-refractivity contribution in [2.24, 2.45) is 0 Å². The molecule has 1 saturated heterocycles. The van der Waals surface area contributed by atoms with Crippen molar-refractivity contribution in [2.45, 2.75) is 37.8 Å². The predicted octanol–water partition coefficient (Wildman–Crippen LogP) is 2.85. The van der Waals surface area contributed by atoms with E-state index >= 15 is 0 Å². The summed E-state index contributed by atoms with van der Waals surface area (Å²) in [7, 11) is -3.84. The molecule has 1 aromatic carbocycles. The molecule has 0 spiro atoms. The van der Waals surface area contributed by atoms with Gasteiger partial charge >= 0.3 is 0 Å². The molecule has 0 saturated carbocycles. The van der Waals surface area contributed by atoms with Gasteiger partial charge in [0, 0.05) is 37.4 Å². The van der Waals surface area contributed by atoms with E-state index in [1.807, 2.05) is 0 Å². The van der Waals surface area contributed by atoms with E-state index in [4.69, 9.17) is 4.42 Å². The van der Waals surface area contributed by atoms with E-state index in [1.165, 1.54) is 24.3 Å². The zero-order chi connectivity index (χ0) is 21.2. The minimum atomic E-state index is -3.84. The fraction of sp³-hybridized carbons (Fsp3) is 0.450. The smallest absolute Gasteiger partial charge is 0.289 e. The Morgan fingerprint density at radius 3 is 2.38 bits per heavy atom. The second-order valence-corrected chi connectivity index (χ2v) is 9.70. The van der Waals surface area contributed by atoms with E-state index in [2.05, 4.69) is 9.62 Å². The lowest BCUT2D eigenvalue weighted by Gasteiger charge is -2.23. The van der Waals surface area contributed by atoms with Crippen LogP contribution < -0.4 is 9.62 Å². The number of halogens is 1. The third kappa shape index (κ3) is 5.36. The molecule has 0 unspecified atom stereocenters. The lowest BCUT2D eigenvalue weighted by atomic mass is 10.1. The molecule has 7 nitrogen and oxygen atoms in total. The summed E-state index contributed by atoms with van der Waals surface area (Å²) in [5.41, 5.74) is 0.241. The van der Waals surface area contributed by atoms with Crippen molar-refractivity contribution in [3.05, 3.63) is 48.0 Å². The van der Waals surface area contributed by atoms with Gasteiger partial charge in [-0.15, -0.1) is 0 Å². The van der Waals surface area contributed by atoms with E-state index in [9.17, 15) is 17.6 Å². The molecule has 2 aromatic rings. The van der Waals surface area contributed by atoms with Gasteiger partial charge in [-0.05, 0) is 63.6 Å². The Kier molecular flexibility index (Phi) is 6.00. The minimum Gasteiger partial charge on any atom is -0.438 e. The number of benzene rings is 1. The van der Waals surface area contributed by atoms with E-state index in [0.717, 1.165) is 18.7 Å².